The number of hydrogen-bond donors (Lipinski definition) is 1. The Labute approximate surface area is 123 Å². The van der Waals surface area contributed by atoms with Crippen LogP contribution in [0.1, 0.15) is 11.4 Å². The number of hydrogen-bond acceptors (Lipinski definition) is 4. The molecule has 1 aromatic carbocycles. The van der Waals surface area contributed by atoms with E-state index in [1.165, 1.54) is 4.90 Å². The van der Waals surface area contributed by atoms with Crippen LogP contribution in [0.4, 0.5) is 10.5 Å². The highest BCUT2D eigenvalue weighted by Gasteiger charge is 2.06. The standard InChI is InChI=1S/C15H18N4O2/c1-10-8-11(2)17-14(16-10)21-13-7-5-6-12(9-13)18-15(20)19(3)4/h5-9H,1-4H3,(H,18,20). The molecule has 0 aliphatic heterocycles. The highest BCUT2D eigenvalue weighted by atomic mass is 16.5. The monoisotopic (exact) mass is 286 g/mol. The summed E-state index contributed by atoms with van der Waals surface area (Å²) in [6.45, 7) is 3.77. The molecule has 0 spiro atoms. The molecule has 110 valence electrons. The molecule has 0 saturated carbocycles. The van der Waals surface area contributed by atoms with Gasteiger partial charge in [-0.1, -0.05) is 6.07 Å². The first-order valence-electron chi connectivity index (χ1n) is 6.52. The molecule has 21 heavy (non-hydrogen) atoms. The summed E-state index contributed by atoms with van der Waals surface area (Å²) in [6.07, 6.45) is 0. The molecular weight excluding hydrogens is 268 g/mol. The molecule has 0 aliphatic carbocycles. The molecule has 0 fully saturated rings. The number of carbonyl (C=O) groups is 1. The number of rotatable bonds is 3. The maximum Gasteiger partial charge on any atom is 0.322 e. The number of urea groups is 1. The molecule has 6 heteroatoms. The van der Waals surface area contributed by atoms with Gasteiger partial charge in [0.05, 0.1) is 0 Å². The second-order valence-corrected chi connectivity index (χ2v) is 4.89. The summed E-state index contributed by atoms with van der Waals surface area (Å²) in [5.41, 5.74) is 2.33. The lowest BCUT2D eigenvalue weighted by atomic mass is 10.3. The highest BCUT2D eigenvalue weighted by molar-refractivity contribution is 5.89. The number of carbonyl (C=O) groups excluding carboxylic acids is 1. The molecule has 2 rings (SSSR count). The molecule has 6 nitrogen and oxygen atoms in total. The summed E-state index contributed by atoms with van der Waals surface area (Å²) in [5, 5.41) is 2.76. The van der Waals surface area contributed by atoms with Gasteiger partial charge in [-0.2, -0.15) is 0 Å². The first-order valence-corrected chi connectivity index (χ1v) is 6.52. The van der Waals surface area contributed by atoms with Crippen LogP contribution in [0.5, 0.6) is 11.8 Å². The summed E-state index contributed by atoms with van der Waals surface area (Å²) >= 11 is 0. The van der Waals surface area contributed by atoms with Gasteiger partial charge < -0.3 is 15.0 Å². The van der Waals surface area contributed by atoms with E-state index >= 15 is 0 Å². The SMILES string of the molecule is Cc1cc(C)nc(Oc2cccc(NC(=O)N(C)C)c2)n1. The van der Waals surface area contributed by atoms with E-state index in [-0.39, 0.29) is 6.03 Å². The van der Waals surface area contributed by atoms with Crippen molar-refractivity contribution in [3.63, 3.8) is 0 Å². The van der Waals surface area contributed by atoms with Crippen LogP contribution in [0, 0.1) is 13.8 Å². The first-order chi connectivity index (χ1) is 9.94. The lowest BCUT2D eigenvalue weighted by Crippen LogP contribution is -2.27. The summed E-state index contributed by atoms with van der Waals surface area (Å²) in [5.74, 6) is 0.566. The van der Waals surface area contributed by atoms with E-state index in [0.29, 0.717) is 17.4 Å². The fourth-order valence-corrected chi connectivity index (χ4v) is 1.72. The Kier molecular flexibility index (Phi) is 4.37. The van der Waals surface area contributed by atoms with E-state index in [9.17, 15) is 4.79 Å². The lowest BCUT2D eigenvalue weighted by Gasteiger charge is -2.12. The van der Waals surface area contributed by atoms with Gasteiger partial charge in [-0.05, 0) is 32.0 Å². The lowest BCUT2D eigenvalue weighted by molar-refractivity contribution is 0.230. The third-order valence-corrected chi connectivity index (χ3v) is 2.66. The molecule has 0 unspecified atom stereocenters. The van der Waals surface area contributed by atoms with Gasteiger partial charge in [0.25, 0.3) is 0 Å². The van der Waals surface area contributed by atoms with Crippen molar-refractivity contribution in [2.24, 2.45) is 0 Å². The number of benzene rings is 1. The second kappa shape index (κ2) is 6.21. The van der Waals surface area contributed by atoms with Crippen LogP contribution in [0.25, 0.3) is 0 Å². The zero-order valence-electron chi connectivity index (χ0n) is 12.5. The van der Waals surface area contributed by atoms with Crippen molar-refractivity contribution in [3.05, 3.63) is 41.7 Å². The van der Waals surface area contributed by atoms with Gasteiger partial charge in [-0.3, -0.25) is 0 Å². The fourth-order valence-electron chi connectivity index (χ4n) is 1.72. The maximum atomic E-state index is 11.6. The Bertz CT molecular complexity index is 636. The molecule has 0 saturated heterocycles. The molecular formula is C15H18N4O2. The van der Waals surface area contributed by atoms with E-state index < -0.39 is 0 Å². The minimum Gasteiger partial charge on any atom is -0.424 e. The molecule has 0 atom stereocenters. The van der Waals surface area contributed by atoms with Gasteiger partial charge in [0.15, 0.2) is 0 Å². The van der Waals surface area contributed by atoms with E-state index in [1.807, 2.05) is 19.9 Å². The van der Waals surface area contributed by atoms with Crippen LogP contribution in [-0.2, 0) is 0 Å². The third-order valence-electron chi connectivity index (χ3n) is 2.66. The minimum atomic E-state index is -0.199. The largest absolute Gasteiger partial charge is 0.424 e. The Hall–Kier alpha value is -2.63. The molecule has 1 N–H and O–H groups in total. The van der Waals surface area contributed by atoms with Crippen LogP contribution in [-0.4, -0.2) is 35.0 Å². The van der Waals surface area contributed by atoms with Crippen molar-refractivity contribution in [2.75, 3.05) is 19.4 Å². The van der Waals surface area contributed by atoms with Gasteiger partial charge in [0.1, 0.15) is 5.75 Å². The summed E-state index contributed by atoms with van der Waals surface area (Å²) < 4.78 is 5.64. The highest BCUT2D eigenvalue weighted by Crippen LogP contribution is 2.22. The number of anilines is 1. The Morgan fingerprint density at radius 2 is 1.81 bits per heavy atom. The molecule has 2 aromatic rings. The van der Waals surface area contributed by atoms with Gasteiger partial charge in [0, 0.05) is 37.2 Å². The second-order valence-electron chi connectivity index (χ2n) is 4.89. The average Bonchev–Trinajstić information content (AvgIpc) is 2.37. The molecule has 1 aromatic heterocycles. The van der Waals surface area contributed by atoms with E-state index in [0.717, 1.165) is 11.4 Å². The van der Waals surface area contributed by atoms with E-state index in [2.05, 4.69) is 15.3 Å². The predicted molar refractivity (Wildman–Crippen MR) is 80.7 cm³/mol. The van der Waals surface area contributed by atoms with Crippen molar-refractivity contribution in [1.82, 2.24) is 14.9 Å². The van der Waals surface area contributed by atoms with Crippen molar-refractivity contribution in [1.29, 1.82) is 0 Å². The zero-order valence-corrected chi connectivity index (χ0v) is 12.5. The minimum absolute atomic E-state index is 0.199. The van der Waals surface area contributed by atoms with Crippen molar-refractivity contribution >= 4 is 11.7 Å². The predicted octanol–water partition coefficient (Wildman–Crippen LogP) is 2.98. The van der Waals surface area contributed by atoms with Crippen LogP contribution in [0.15, 0.2) is 30.3 Å². The number of aryl methyl sites for hydroxylation is 2. The molecule has 0 aliphatic rings. The Balaban J connectivity index is 2.15. The number of ether oxygens (including phenoxy) is 1. The summed E-state index contributed by atoms with van der Waals surface area (Å²) in [6, 6.07) is 9.06. The van der Waals surface area contributed by atoms with Crippen molar-refractivity contribution < 1.29 is 9.53 Å². The molecule has 0 radical (unpaired) electrons. The molecule has 1 heterocycles. The van der Waals surface area contributed by atoms with Crippen LogP contribution >= 0.6 is 0 Å². The van der Waals surface area contributed by atoms with E-state index in [4.69, 9.17) is 4.74 Å². The maximum absolute atomic E-state index is 11.6. The molecule has 2 amide bonds. The number of aromatic nitrogens is 2. The van der Waals surface area contributed by atoms with Crippen molar-refractivity contribution in [3.8, 4) is 11.8 Å². The van der Waals surface area contributed by atoms with Crippen LogP contribution < -0.4 is 10.1 Å². The Morgan fingerprint density at radius 1 is 1.14 bits per heavy atom. The van der Waals surface area contributed by atoms with E-state index in [1.54, 1.807) is 38.4 Å². The van der Waals surface area contributed by atoms with Crippen LogP contribution in [0.2, 0.25) is 0 Å². The van der Waals surface area contributed by atoms with Gasteiger partial charge >= 0.3 is 12.0 Å². The first kappa shape index (κ1) is 14.8. The molecule has 0 bridgehead atoms. The number of nitrogens with one attached hydrogen (secondary N) is 1. The summed E-state index contributed by atoms with van der Waals surface area (Å²) in [7, 11) is 3.36. The number of amides is 2. The third kappa shape index (κ3) is 4.17. The van der Waals surface area contributed by atoms with Gasteiger partial charge in [-0.25, -0.2) is 14.8 Å². The average molecular weight is 286 g/mol. The topological polar surface area (TPSA) is 67.3 Å². The smallest absolute Gasteiger partial charge is 0.322 e. The van der Waals surface area contributed by atoms with Crippen LogP contribution in [0.3, 0.4) is 0 Å². The quantitative estimate of drug-likeness (QED) is 0.942. The normalized spacial score (nSPS) is 10.1. The van der Waals surface area contributed by atoms with Gasteiger partial charge in [0.2, 0.25) is 0 Å². The summed E-state index contributed by atoms with van der Waals surface area (Å²) in [4.78, 5) is 21.5. The zero-order chi connectivity index (χ0) is 15.4. The fraction of sp³-hybridized carbons (Fsp3) is 0.267. The van der Waals surface area contributed by atoms with Crippen molar-refractivity contribution in [2.45, 2.75) is 13.8 Å². The number of nitrogens with zero attached hydrogens (tertiary/aromatic N) is 3. The van der Waals surface area contributed by atoms with Gasteiger partial charge in [-0.15, -0.1) is 0 Å². The Morgan fingerprint density at radius 3 is 2.43 bits per heavy atom.